The van der Waals surface area contributed by atoms with Crippen LogP contribution >= 0.6 is 0 Å². The third kappa shape index (κ3) is 4.62. The molecule has 0 unspecified atom stereocenters. The first-order valence-electron chi connectivity index (χ1n) is 7.30. The maximum Gasteiger partial charge on any atom is 0.317 e. The minimum atomic E-state index is -0.784. The van der Waals surface area contributed by atoms with E-state index in [1.807, 2.05) is 6.07 Å². The van der Waals surface area contributed by atoms with Crippen LogP contribution in [-0.2, 0) is 11.2 Å². The second kappa shape index (κ2) is 6.86. The predicted octanol–water partition coefficient (Wildman–Crippen LogP) is 1.76. The monoisotopic (exact) mass is 276 g/mol. The Kier molecular flexibility index (Phi) is 5.15. The summed E-state index contributed by atoms with van der Waals surface area (Å²) < 4.78 is 0. The summed E-state index contributed by atoms with van der Waals surface area (Å²) in [5.41, 5.74) is 1.34. The van der Waals surface area contributed by atoms with Gasteiger partial charge >= 0.3 is 5.97 Å². The van der Waals surface area contributed by atoms with Crippen LogP contribution in [0.15, 0.2) is 30.3 Å². The van der Waals surface area contributed by atoms with E-state index in [-0.39, 0.29) is 12.1 Å². The molecule has 1 aromatic rings. The van der Waals surface area contributed by atoms with Crippen LogP contribution in [0.4, 0.5) is 0 Å². The van der Waals surface area contributed by atoms with Crippen LogP contribution < -0.4 is 5.32 Å². The van der Waals surface area contributed by atoms with Crippen molar-refractivity contribution >= 4 is 5.97 Å². The van der Waals surface area contributed by atoms with E-state index in [9.17, 15) is 4.79 Å². The first-order valence-corrected chi connectivity index (χ1v) is 7.30. The van der Waals surface area contributed by atoms with Crippen molar-refractivity contribution in [1.29, 1.82) is 0 Å². The van der Waals surface area contributed by atoms with E-state index in [2.05, 4.69) is 41.4 Å². The fraction of sp³-hybridized carbons (Fsp3) is 0.562. The molecule has 110 valence electrons. The summed E-state index contributed by atoms with van der Waals surface area (Å²) in [6, 6.07) is 10.5. The van der Waals surface area contributed by atoms with Gasteiger partial charge in [0.15, 0.2) is 0 Å². The SMILES string of the molecule is C[C@@]1(NCC(=O)O)CCN(CCCc2ccccc2)C1. The number of hydrogen-bond donors (Lipinski definition) is 2. The molecule has 2 N–H and O–H groups in total. The Morgan fingerprint density at radius 1 is 1.40 bits per heavy atom. The smallest absolute Gasteiger partial charge is 0.317 e. The van der Waals surface area contributed by atoms with Gasteiger partial charge in [-0.25, -0.2) is 0 Å². The van der Waals surface area contributed by atoms with E-state index >= 15 is 0 Å². The number of nitrogens with one attached hydrogen (secondary N) is 1. The number of rotatable bonds is 7. The van der Waals surface area contributed by atoms with Gasteiger partial charge in [0.25, 0.3) is 0 Å². The number of aryl methyl sites for hydroxylation is 1. The second-order valence-electron chi connectivity index (χ2n) is 5.92. The molecule has 0 saturated carbocycles. The van der Waals surface area contributed by atoms with Crippen molar-refractivity contribution in [3.8, 4) is 0 Å². The highest BCUT2D eigenvalue weighted by molar-refractivity contribution is 5.69. The normalized spacial score (nSPS) is 23.1. The zero-order valence-corrected chi connectivity index (χ0v) is 12.1. The molecular formula is C16H24N2O2. The number of carboxylic acids is 1. The van der Waals surface area contributed by atoms with Gasteiger partial charge in [0.05, 0.1) is 6.54 Å². The fourth-order valence-corrected chi connectivity index (χ4v) is 2.83. The van der Waals surface area contributed by atoms with Gasteiger partial charge in [-0.1, -0.05) is 30.3 Å². The Morgan fingerprint density at radius 2 is 2.15 bits per heavy atom. The third-order valence-corrected chi connectivity index (χ3v) is 4.00. The molecule has 0 aromatic heterocycles. The number of carboxylic acid groups (broad SMARTS) is 1. The van der Waals surface area contributed by atoms with Crippen LogP contribution in [0.2, 0.25) is 0 Å². The predicted molar refractivity (Wildman–Crippen MR) is 79.9 cm³/mol. The van der Waals surface area contributed by atoms with Crippen LogP contribution in [0, 0.1) is 0 Å². The van der Waals surface area contributed by atoms with Crippen LogP contribution in [0.1, 0.15) is 25.3 Å². The molecule has 4 nitrogen and oxygen atoms in total. The summed E-state index contributed by atoms with van der Waals surface area (Å²) in [4.78, 5) is 13.1. The first kappa shape index (κ1) is 15.0. The van der Waals surface area contributed by atoms with Gasteiger partial charge in [-0.3, -0.25) is 4.79 Å². The van der Waals surface area contributed by atoms with E-state index in [1.54, 1.807) is 0 Å². The highest BCUT2D eigenvalue weighted by Crippen LogP contribution is 2.20. The second-order valence-corrected chi connectivity index (χ2v) is 5.92. The topological polar surface area (TPSA) is 52.6 Å². The van der Waals surface area contributed by atoms with Crippen molar-refractivity contribution in [3.05, 3.63) is 35.9 Å². The summed E-state index contributed by atoms with van der Waals surface area (Å²) in [6.45, 7) is 5.24. The van der Waals surface area contributed by atoms with E-state index < -0.39 is 5.97 Å². The molecule has 20 heavy (non-hydrogen) atoms. The largest absolute Gasteiger partial charge is 0.480 e. The van der Waals surface area contributed by atoms with Crippen molar-refractivity contribution in [2.24, 2.45) is 0 Å². The summed E-state index contributed by atoms with van der Waals surface area (Å²) in [5.74, 6) is -0.784. The maximum atomic E-state index is 10.6. The van der Waals surface area contributed by atoms with Gasteiger partial charge in [-0.2, -0.15) is 0 Å². The lowest BCUT2D eigenvalue weighted by Crippen LogP contribution is -2.47. The minimum Gasteiger partial charge on any atom is -0.480 e. The van der Waals surface area contributed by atoms with Crippen LogP contribution in [0.3, 0.4) is 0 Å². The van der Waals surface area contributed by atoms with E-state index in [0.29, 0.717) is 0 Å². The van der Waals surface area contributed by atoms with Crippen molar-refractivity contribution < 1.29 is 9.90 Å². The molecule has 0 aliphatic carbocycles. The van der Waals surface area contributed by atoms with Gasteiger partial charge in [0, 0.05) is 18.6 Å². The zero-order valence-electron chi connectivity index (χ0n) is 12.1. The average molecular weight is 276 g/mol. The molecule has 2 rings (SSSR count). The molecule has 1 aliphatic heterocycles. The zero-order chi connectivity index (χ0) is 14.4. The third-order valence-electron chi connectivity index (χ3n) is 4.00. The number of benzene rings is 1. The van der Waals surface area contributed by atoms with Gasteiger partial charge < -0.3 is 15.3 Å². The molecule has 0 spiro atoms. The van der Waals surface area contributed by atoms with Crippen LogP contribution in [0.5, 0.6) is 0 Å². The minimum absolute atomic E-state index is 0.0500. The first-order chi connectivity index (χ1) is 9.57. The number of likely N-dealkylation sites (tertiary alicyclic amines) is 1. The molecule has 1 fully saturated rings. The van der Waals surface area contributed by atoms with E-state index in [1.165, 1.54) is 5.56 Å². The number of aliphatic carboxylic acids is 1. The Balaban J connectivity index is 1.69. The number of nitrogens with zero attached hydrogens (tertiary/aromatic N) is 1. The number of hydrogen-bond acceptors (Lipinski definition) is 3. The fourth-order valence-electron chi connectivity index (χ4n) is 2.83. The van der Waals surface area contributed by atoms with Crippen molar-refractivity contribution in [2.45, 2.75) is 31.7 Å². The van der Waals surface area contributed by atoms with Crippen molar-refractivity contribution in [3.63, 3.8) is 0 Å². The molecular weight excluding hydrogens is 252 g/mol. The molecule has 0 radical (unpaired) electrons. The van der Waals surface area contributed by atoms with Crippen LogP contribution in [0.25, 0.3) is 0 Å². The molecule has 4 heteroatoms. The van der Waals surface area contributed by atoms with Gasteiger partial charge in [-0.15, -0.1) is 0 Å². The van der Waals surface area contributed by atoms with E-state index in [4.69, 9.17) is 5.11 Å². The highest BCUT2D eigenvalue weighted by atomic mass is 16.4. The Bertz CT molecular complexity index is 435. The standard InChI is InChI=1S/C16H24N2O2/c1-16(17-12-15(19)20)9-11-18(13-16)10-5-8-14-6-3-2-4-7-14/h2-4,6-7,17H,5,8-13H2,1H3,(H,19,20)/t16-/m1/s1. The lowest BCUT2D eigenvalue weighted by Gasteiger charge is -2.25. The highest BCUT2D eigenvalue weighted by Gasteiger charge is 2.33. The lowest BCUT2D eigenvalue weighted by molar-refractivity contribution is -0.136. The molecule has 1 aromatic carbocycles. The molecule has 1 saturated heterocycles. The summed E-state index contributed by atoms with van der Waals surface area (Å²) in [6.07, 6.45) is 3.28. The van der Waals surface area contributed by atoms with Crippen molar-refractivity contribution in [1.82, 2.24) is 10.2 Å². The van der Waals surface area contributed by atoms with E-state index in [0.717, 1.165) is 38.9 Å². The molecule has 0 amide bonds. The van der Waals surface area contributed by atoms with Crippen LogP contribution in [-0.4, -0.2) is 47.7 Å². The molecule has 0 bridgehead atoms. The van der Waals surface area contributed by atoms with Crippen molar-refractivity contribution in [2.75, 3.05) is 26.2 Å². The Morgan fingerprint density at radius 3 is 2.85 bits per heavy atom. The van der Waals surface area contributed by atoms with Gasteiger partial charge in [-0.05, 0) is 38.3 Å². The number of carbonyl (C=O) groups is 1. The Labute approximate surface area is 120 Å². The van der Waals surface area contributed by atoms with Gasteiger partial charge in [0.1, 0.15) is 0 Å². The summed E-state index contributed by atoms with van der Waals surface area (Å²) in [7, 11) is 0. The summed E-state index contributed by atoms with van der Waals surface area (Å²) >= 11 is 0. The molecule has 1 aliphatic rings. The Hall–Kier alpha value is -1.39. The quantitative estimate of drug-likeness (QED) is 0.797. The lowest BCUT2D eigenvalue weighted by atomic mass is 10.0. The average Bonchev–Trinajstić information content (AvgIpc) is 2.80. The molecule has 1 heterocycles. The summed E-state index contributed by atoms with van der Waals surface area (Å²) in [5, 5.41) is 11.9. The van der Waals surface area contributed by atoms with Gasteiger partial charge in [0.2, 0.25) is 0 Å². The molecule has 1 atom stereocenters. The maximum absolute atomic E-state index is 10.6.